The van der Waals surface area contributed by atoms with Gasteiger partial charge in [-0.2, -0.15) is 0 Å². The zero-order valence-electron chi connectivity index (χ0n) is 10.3. The highest BCUT2D eigenvalue weighted by Gasteiger charge is 2.23. The summed E-state index contributed by atoms with van der Waals surface area (Å²) in [6, 6.07) is 0. The molecular formula is C10H12N6O2S. The van der Waals surface area contributed by atoms with Crippen LogP contribution < -0.4 is 4.90 Å². The average molecular weight is 280 g/mol. The lowest BCUT2D eigenvalue weighted by atomic mass is 10.4. The van der Waals surface area contributed by atoms with Gasteiger partial charge in [0.05, 0.1) is 7.05 Å². The van der Waals surface area contributed by atoms with Crippen molar-refractivity contribution in [2.75, 3.05) is 18.0 Å². The highest BCUT2D eigenvalue weighted by Crippen LogP contribution is 2.30. The molecule has 1 aliphatic rings. The molecule has 0 N–H and O–H groups in total. The van der Waals surface area contributed by atoms with Crippen molar-refractivity contribution in [2.24, 2.45) is 7.05 Å². The Kier molecular flexibility index (Phi) is 2.90. The maximum absolute atomic E-state index is 10.8. The number of hydrogen-bond donors (Lipinski definition) is 0. The monoisotopic (exact) mass is 280 g/mol. The van der Waals surface area contributed by atoms with Gasteiger partial charge in [-0.1, -0.05) is 11.3 Å². The number of hydrogen-bond acceptors (Lipinski definition) is 7. The summed E-state index contributed by atoms with van der Waals surface area (Å²) >= 11 is 1.42. The van der Waals surface area contributed by atoms with Crippen molar-refractivity contribution in [3.63, 3.8) is 0 Å². The zero-order chi connectivity index (χ0) is 13.4. The SMILES string of the molecule is Cn1c([N+](=O)[O-])cnc1-c1nnc(N2CCCC2)s1. The maximum Gasteiger partial charge on any atom is 0.342 e. The predicted octanol–water partition coefficient (Wildman–Crippen LogP) is 1.45. The summed E-state index contributed by atoms with van der Waals surface area (Å²) in [5.41, 5.74) is 0. The summed E-state index contributed by atoms with van der Waals surface area (Å²) < 4.78 is 1.42. The molecule has 0 bridgehead atoms. The Bertz CT molecular complexity index is 615. The van der Waals surface area contributed by atoms with Gasteiger partial charge in [-0.3, -0.25) is 0 Å². The molecule has 1 fully saturated rings. The van der Waals surface area contributed by atoms with Crippen LogP contribution in [0.5, 0.6) is 0 Å². The van der Waals surface area contributed by atoms with E-state index in [0.717, 1.165) is 18.2 Å². The number of nitrogens with zero attached hydrogens (tertiary/aromatic N) is 6. The molecule has 1 aliphatic heterocycles. The van der Waals surface area contributed by atoms with Crippen LogP contribution in [0.2, 0.25) is 0 Å². The van der Waals surface area contributed by atoms with E-state index in [-0.39, 0.29) is 5.82 Å². The first-order chi connectivity index (χ1) is 9.16. The smallest absolute Gasteiger partial charge is 0.342 e. The van der Waals surface area contributed by atoms with Gasteiger partial charge in [0.25, 0.3) is 5.82 Å². The minimum atomic E-state index is -0.459. The topological polar surface area (TPSA) is 90.0 Å². The van der Waals surface area contributed by atoms with E-state index < -0.39 is 4.92 Å². The van der Waals surface area contributed by atoms with Crippen molar-refractivity contribution in [2.45, 2.75) is 12.8 Å². The van der Waals surface area contributed by atoms with Crippen molar-refractivity contribution in [3.8, 4) is 10.8 Å². The first-order valence-corrected chi connectivity index (χ1v) is 6.73. The van der Waals surface area contributed by atoms with Crippen LogP contribution in [0.1, 0.15) is 12.8 Å². The van der Waals surface area contributed by atoms with Gasteiger partial charge in [-0.25, -0.2) is 9.55 Å². The molecule has 2 aromatic heterocycles. The third-order valence-corrected chi connectivity index (χ3v) is 4.11. The summed E-state index contributed by atoms with van der Waals surface area (Å²) in [6.45, 7) is 1.99. The molecule has 3 heterocycles. The summed E-state index contributed by atoms with van der Waals surface area (Å²) in [7, 11) is 1.61. The van der Waals surface area contributed by atoms with E-state index in [1.807, 2.05) is 0 Å². The van der Waals surface area contributed by atoms with Crippen LogP contribution in [0.3, 0.4) is 0 Å². The molecule has 1 saturated heterocycles. The predicted molar refractivity (Wildman–Crippen MR) is 70.2 cm³/mol. The largest absolute Gasteiger partial charge is 0.358 e. The second-order valence-electron chi connectivity index (χ2n) is 4.34. The van der Waals surface area contributed by atoms with Crippen molar-refractivity contribution < 1.29 is 4.92 Å². The molecule has 0 aromatic carbocycles. The molecule has 3 rings (SSSR count). The molecule has 0 spiro atoms. The molecule has 0 unspecified atom stereocenters. The molecule has 0 amide bonds. The highest BCUT2D eigenvalue weighted by molar-refractivity contribution is 7.18. The van der Waals surface area contributed by atoms with Crippen molar-refractivity contribution in [3.05, 3.63) is 16.3 Å². The second-order valence-corrected chi connectivity index (χ2v) is 5.30. The molecule has 0 saturated carbocycles. The van der Waals surface area contributed by atoms with Gasteiger partial charge in [0.15, 0.2) is 0 Å². The Morgan fingerprint density at radius 3 is 2.74 bits per heavy atom. The second kappa shape index (κ2) is 4.57. The van der Waals surface area contributed by atoms with Gasteiger partial charge < -0.3 is 15.0 Å². The van der Waals surface area contributed by atoms with Crippen LogP contribution in [0, 0.1) is 10.1 Å². The number of imidazole rings is 1. The maximum atomic E-state index is 10.8. The lowest BCUT2D eigenvalue weighted by Gasteiger charge is -2.10. The Balaban J connectivity index is 1.92. The van der Waals surface area contributed by atoms with Gasteiger partial charge in [-0.05, 0) is 17.8 Å². The quantitative estimate of drug-likeness (QED) is 0.624. The fourth-order valence-corrected chi connectivity index (χ4v) is 3.04. The number of aromatic nitrogens is 4. The van der Waals surface area contributed by atoms with E-state index in [0.29, 0.717) is 10.8 Å². The molecule has 2 aromatic rings. The van der Waals surface area contributed by atoms with E-state index in [4.69, 9.17) is 0 Å². The Morgan fingerprint density at radius 2 is 2.11 bits per heavy atom. The van der Waals surface area contributed by atoms with Crippen LogP contribution in [0.25, 0.3) is 10.8 Å². The average Bonchev–Trinajstić information content (AvgIpc) is 3.07. The Labute approximate surface area is 112 Å². The molecular weight excluding hydrogens is 268 g/mol. The fraction of sp³-hybridized carbons (Fsp3) is 0.500. The van der Waals surface area contributed by atoms with Crippen LogP contribution in [0.4, 0.5) is 10.9 Å². The van der Waals surface area contributed by atoms with Gasteiger partial charge >= 0.3 is 5.82 Å². The van der Waals surface area contributed by atoms with E-state index in [2.05, 4.69) is 20.1 Å². The summed E-state index contributed by atoms with van der Waals surface area (Å²) in [4.78, 5) is 16.6. The molecule has 0 radical (unpaired) electrons. The van der Waals surface area contributed by atoms with Crippen LogP contribution >= 0.6 is 11.3 Å². The zero-order valence-corrected chi connectivity index (χ0v) is 11.1. The lowest BCUT2D eigenvalue weighted by molar-refractivity contribution is -0.391. The van der Waals surface area contributed by atoms with Crippen LogP contribution in [-0.4, -0.2) is 37.8 Å². The summed E-state index contributed by atoms with van der Waals surface area (Å²) in [5, 5.41) is 20.5. The summed E-state index contributed by atoms with van der Waals surface area (Å²) in [6.07, 6.45) is 3.58. The van der Waals surface area contributed by atoms with Gasteiger partial charge in [0, 0.05) is 13.1 Å². The molecule has 0 atom stereocenters. The minimum Gasteiger partial charge on any atom is -0.358 e. The lowest BCUT2D eigenvalue weighted by Crippen LogP contribution is -2.17. The Hall–Kier alpha value is -2.03. The first-order valence-electron chi connectivity index (χ1n) is 5.92. The highest BCUT2D eigenvalue weighted by atomic mass is 32.1. The van der Waals surface area contributed by atoms with E-state index in [1.165, 1.54) is 34.9 Å². The normalized spacial score (nSPS) is 15.1. The van der Waals surface area contributed by atoms with Gasteiger partial charge in [-0.15, -0.1) is 10.2 Å². The van der Waals surface area contributed by atoms with Crippen molar-refractivity contribution in [1.82, 2.24) is 19.7 Å². The van der Waals surface area contributed by atoms with Crippen molar-refractivity contribution >= 4 is 22.3 Å². The molecule has 8 nitrogen and oxygen atoms in total. The Morgan fingerprint density at radius 1 is 1.37 bits per heavy atom. The van der Waals surface area contributed by atoms with Gasteiger partial charge in [0.2, 0.25) is 10.1 Å². The molecule has 100 valence electrons. The number of anilines is 1. The van der Waals surface area contributed by atoms with Gasteiger partial charge in [0.1, 0.15) is 6.20 Å². The number of nitro groups is 1. The van der Waals surface area contributed by atoms with E-state index in [9.17, 15) is 10.1 Å². The minimum absolute atomic E-state index is 0.0482. The van der Waals surface area contributed by atoms with E-state index in [1.54, 1.807) is 7.05 Å². The molecule has 19 heavy (non-hydrogen) atoms. The third-order valence-electron chi connectivity index (χ3n) is 3.13. The van der Waals surface area contributed by atoms with Crippen LogP contribution in [-0.2, 0) is 7.05 Å². The molecule has 9 heteroatoms. The van der Waals surface area contributed by atoms with Crippen LogP contribution in [0.15, 0.2) is 6.20 Å². The fourth-order valence-electron chi connectivity index (χ4n) is 2.11. The standard InChI is InChI=1S/C10H12N6O2S/c1-14-7(16(17)18)6-11-8(14)9-12-13-10(19-9)15-4-2-3-5-15/h6H,2-5H2,1H3. The third kappa shape index (κ3) is 2.05. The molecule has 0 aliphatic carbocycles. The van der Waals surface area contributed by atoms with E-state index >= 15 is 0 Å². The van der Waals surface area contributed by atoms with Crippen molar-refractivity contribution in [1.29, 1.82) is 0 Å². The summed E-state index contributed by atoms with van der Waals surface area (Å²) in [5.74, 6) is 0.433. The first kappa shape index (κ1) is 12.0. The number of rotatable bonds is 3.